The number of hydrogen-bond donors (Lipinski definition) is 13. The first-order valence-electron chi connectivity index (χ1n) is 27.8. The van der Waals surface area contributed by atoms with Crippen LogP contribution in [0.25, 0.3) is 0 Å². The molecule has 9 rings (SSSR count). The van der Waals surface area contributed by atoms with Crippen LogP contribution in [0.4, 0.5) is 0 Å². The lowest BCUT2D eigenvalue weighted by molar-refractivity contribution is -0.363. The molecule has 0 bridgehead atoms. The first-order valence-corrected chi connectivity index (χ1v) is 27.8. The van der Waals surface area contributed by atoms with Gasteiger partial charge in [-0.2, -0.15) is 0 Å². The predicted octanol–water partition coefficient (Wildman–Crippen LogP) is -0.536. The zero-order valence-electron chi connectivity index (χ0n) is 44.9. The molecule has 2 spiro atoms. The van der Waals surface area contributed by atoms with Gasteiger partial charge >= 0.3 is 0 Å². The Morgan fingerprint density at radius 2 is 1.13 bits per heavy atom. The molecule has 0 unspecified atom stereocenters. The third-order valence-electron chi connectivity index (χ3n) is 21.7. The van der Waals surface area contributed by atoms with Crippen molar-refractivity contribution in [3.05, 3.63) is 11.6 Å². The highest BCUT2D eigenvalue weighted by atomic mass is 16.7. The summed E-state index contributed by atoms with van der Waals surface area (Å²) in [5.74, 6) is 1.25. The van der Waals surface area contributed by atoms with Crippen LogP contribution in [0.1, 0.15) is 120 Å². The number of fused-ring (bicyclic) bond motifs is 2. The van der Waals surface area contributed by atoms with E-state index in [0.29, 0.717) is 24.2 Å². The lowest BCUT2D eigenvalue weighted by Gasteiger charge is -2.63. The minimum Gasteiger partial charge on any atom is -0.394 e. The lowest BCUT2D eigenvalue weighted by atomic mass is 9.41. The van der Waals surface area contributed by atoms with E-state index in [1.54, 1.807) is 6.92 Å². The van der Waals surface area contributed by atoms with E-state index in [1.165, 1.54) is 13.3 Å². The second-order valence-corrected chi connectivity index (χ2v) is 25.7. The highest BCUT2D eigenvalue weighted by Crippen LogP contribution is 2.89. The van der Waals surface area contributed by atoms with Crippen LogP contribution < -0.4 is 0 Å². The number of aliphatic hydroxyl groups is 13. The normalized spacial score (nSPS) is 54.5. The Morgan fingerprint density at radius 3 is 1.81 bits per heavy atom. The monoisotopic (exact) mass is 1070 g/mol. The average Bonchev–Trinajstić information content (AvgIpc) is 4.07. The third-order valence-corrected chi connectivity index (χ3v) is 21.7. The number of aliphatic hydroxyl groups excluding tert-OH is 13. The Labute approximate surface area is 440 Å². The molecule has 0 radical (unpaired) electrons. The molecule has 0 aromatic carbocycles. The van der Waals surface area contributed by atoms with E-state index in [0.717, 1.165) is 56.9 Å². The fourth-order valence-electron chi connectivity index (χ4n) is 16.9. The summed E-state index contributed by atoms with van der Waals surface area (Å²) < 4.78 is 47.0. The van der Waals surface area contributed by atoms with Gasteiger partial charge in [0.1, 0.15) is 85.5 Å². The van der Waals surface area contributed by atoms with Gasteiger partial charge in [-0.15, -0.1) is 0 Å². The molecule has 0 aromatic heterocycles. The van der Waals surface area contributed by atoms with Crippen LogP contribution in [0.3, 0.4) is 0 Å². The van der Waals surface area contributed by atoms with Gasteiger partial charge in [-0.05, 0) is 136 Å². The Bertz CT molecular complexity index is 2000. The summed E-state index contributed by atoms with van der Waals surface area (Å²) in [5, 5.41) is 138. The molecule has 4 heterocycles. The lowest BCUT2D eigenvalue weighted by Crippen LogP contribution is -2.64. The molecule has 9 aliphatic rings. The topological polar surface area (TPSA) is 337 Å². The zero-order chi connectivity index (χ0) is 54.6. The molecular formula is C54H90O21. The molecule has 4 aliphatic heterocycles. The van der Waals surface area contributed by atoms with E-state index in [-0.39, 0.29) is 45.7 Å². The van der Waals surface area contributed by atoms with Crippen molar-refractivity contribution in [2.75, 3.05) is 19.8 Å². The quantitative estimate of drug-likeness (QED) is 0.0724. The molecule has 0 aromatic rings. The van der Waals surface area contributed by atoms with Crippen molar-refractivity contribution in [3.63, 3.8) is 0 Å². The third kappa shape index (κ3) is 9.75. The van der Waals surface area contributed by atoms with Crippen molar-refractivity contribution in [3.8, 4) is 0 Å². The van der Waals surface area contributed by atoms with Crippen molar-refractivity contribution in [2.45, 2.75) is 255 Å². The van der Waals surface area contributed by atoms with Gasteiger partial charge < -0.3 is 104 Å². The maximum absolute atomic E-state index is 11.8. The molecule has 21 heteroatoms. The Kier molecular flexibility index (Phi) is 16.9. The van der Waals surface area contributed by atoms with Gasteiger partial charge in [0.25, 0.3) is 0 Å². The maximum Gasteiger partial charge on any atom is 0.187 e. The van der Waals surface area contributed by atoms with E-state index in [9.17, 15) is 66.4 Å². The van der Waals surface area contributed by atoms with E-state index < -0.39 is 142 Å². The Morgan fingerprint density at radius 1 is 0.573 bits per heavy atom. The van der Waals surface area contributed by atoms with Crippen molar-refractivity contribution in [1.29, 1.82) is 0 Å². The standard InChI is InChI=1S/C54H90O21/c1-23(20-68-47-42(65)39(62)36(59)30(73-47)21-69-46-41(64)37(60)34(57)25(3)70-46)9-10-28(56)24(2)27-13-15-52(8)32-12-11-31-50(5,6)33(14-16-53(31)22-54(32,53)18-17-51(27,52)7)74-48-44(67)40(63)45(26(4)71-48)75-49-43(66)38(61)35(58)29(19-55)72-49/h9,24-49,55-67H,10-22H2,1-8H3/b23-9-/t24-,25+,26+,27+,28-,29+,30+,31-,32-,33-,34+,35+,36+,37-,38-,39-,40+,41+,42+,43+,44+,45-,46+,47+,48-,49-,51+,52-,53-,54-/m0/s1. The molecule has 5 aliphatic carbocycles. The predicted molar refractivity (Wildman–Crippen MR) is 261 cm³/mol. The van der Waals surface area contributed by atoms with Crippen LogP contribution in [0.5, 0.6) is 0 Å². The molecule has 432 valence electrons. The molecule has 4 saturated heterocycles. The summed E-state index contributed by atoms with van der Waals surface area (Å²) in [5.41, 5.74) is 1.00. The van der Waals surface area contributed by atoms with Gasteiger partial charge in [-0.1, -0.05) is 46.3 Å². The number of rotatable bonds is 15. The molecule has 30 atom stereocenters. The van der Waals surface area contributed by atoms with Gasteiger partial charge in [0, 0.05) is 0 Å². The van der Waals surface area contributed by atoms with Crippen LogP contribution in [0.15, 0.2) is 11.6 Å². The highest BCUT2D eigenvalue weighted by Gasteiger charge is 2.82. The second kappa shape index (κ2) is 21.7. The summed E-state index contributed by atoms with van der Waals surface area (Å²) in [4.78, 5) is 0. The Hall–Kier alpha value is -1.10. The molecule has 9 fully saturated rings. The average molecular weight is 1080 g/mol. The van der Waals surface area contributed by atoms with Crippen molar-refractivity contribution >= 4 is 0 Å². The summed E-state index contributed by atoms with van der Waals surface area (Å²) >= 11 is 0. The van der Waals surface area contributed by atoms with Crippen LogP contribution in [0, 0.1) is 50.7 Å². The molecule has 75 heavy (non-hydrogen) atoms. The molecule has 0 amide bonds. The van der Waals surface area contributed by atoms with E-state index >= 15 is 0 Å². The SMILES string of the molecule is C/C(=C/C[C@H](O)[C@@H](C)[C@H]1CC[C@@]2(C)[C@@H]3CC[C@H]4C(C)(C)[C@@H](O[C@@H]5O[C@H](C)[C@H](O[C@@H]6O[C@H](CO)[C@@H](O)[C@H](O)[C@H]6O)[C@H](O)[C@H]5O)CC[C@]45C[C@@]35CC[C@]12C)CO[C@@H]1O[C@H](CO[C@@H]2O[C@H](C)[C@@H](O)[C@H](O)[C@H]2O)[C@@H](O)[C@H](O)[C@H]1O. The van der Waals surface area contributed by atoms with Crippen molar-refractivity contribution in [2.24, 2.45) is 50.7 Å². The van der Waals surface area contributed by atoms with Crippen molar-refractivity contribution < 1.29 is 104 Å². The summed E-state index contributed by atoms with van der Waals surface area (Å²) in [6.07, 6.45) is -16.8. The second-order valence-electron chi connectivity index (χ2n) is 25.7. The number of hydrogen-bond acceptors (Lipinski definition) is 21. The minimum absolute atomic E-state index is 0.00626. The van der Waals surface area contributed by atoms with Gasteiger partial charge in [0.15, 0.2) is 25.2 Å². The first-order chi connectivity index (χ1) is 35.2. The van der Waals surface area contributed by atoms with Gasteiger partial charge in [-0.25, -0.2) is 0 Å². The highest BCUT2D eigenvalue weighted by molar-refractivity contribution is 5.31. The largest absolute Gasteiger partial charge is 0.394 e. The van der Waals surface area contributed by atoms with Gasteiger partial charge in [0.2, 0.25) is 0 Å². The van der Waals surface area contributed by atoms with Crippen molar-refractivity contribution in [1.82, 2.24) is 0 Å². The van der Waals surface area contributed by atoms with Crippen LogP contribution >= 0.6 is 0 Å². The van der Waals surface area contributed by atoms with Gasteiger partial charge in [-0.3, -0.25) is 0 Å². The molecule has 5 saturated carbocycles. The molecule has 13 N–H and O–H groups in total. The summed E-state index contributed by atoms with van der Waals surface area (Å²) in [6.45, 7) is 15.7. The smallest absolute Gasteiger partial charge is 0.187 e. The van der Waals surface area contributed by atoms with Crippen LogP contribution in [-0.4, -0.2) is 221 Å². The molecular weight excluding hydrogens is 985 g/mol. The molecule has 21 nitrogen and oxygen atoms in total. The van der Waals surface area contributed by atoms with Crippen LogP contribution in [0.2, 0.25) is 0 Å². The summed E-state index contributed by atoms with van der Waals surface area (Å²) in [6, 6.07) is 0. The zero-order valence-corrected chi connectivity index (χ0v) is 44.9. The maximum atomic E-state index is 11.8. The minimum atomic E-state index is -1.68. The fourth-order valence-corrected chi connectivity index (χ4v) is 16.9. The van der Waals surface area contributed by atoms with E-state index in [2.05, 4.69) is 34.6 Å². The van der Waals surface area contributed by atoms with Crippen LogP contribution in [-0.2, 0) is 37.9 Å². The first kappa shape index (κ1) is 58.6. The van der Waals surface area contributed by atoms with E-state index in [4.69, 9.17) is 37.9 Å². The number of ether oxygens (including phenoxy) is 8. The van der Waals surface area contributed by atoms with E-state index in [1.807, 2.05) is 13.0 Å². The summed E-state index contributed by atoms with van der Waals surface area (Å²) in [7, 11) is 0. The Balaban J connectivity index is 0.777. The fraction of sp³-hybridized carbons (Fsp3) is 0.963. The van der Waals surface area contributed by atoms with Gasteiger partial charge in [0.05, 0.1) is 44.2 Å².